The summed E-state index contributed by atoms with van der Waals surface area (Å²) in [5.41, 5.74) is 2.40. The van der Waals surface area contributed by atoms with Gasteiger partial charge in [0.05, 0.1) is 12.3 Å². The Labute approximate surface area is 153 Å². The molecule has 1 fully saturated rings. The van der Waals surface area contributed by atoms with Gasteiger partial charge in [0.25, 0.3) is 5.91 Å². The summed E-state index contributed by atoms with van der Waals surface area (Å²) in [6, 6.07) is 13.5. The van der Waals surface area contributed by atoms with Crippen molar-refractivity contribution in [3.05, 3.63) is 71.0 Å². The van der Waals surface area contributed by atoms with Gasteiger partial charge in [-0.15, -0.1) is 0 Å². The van der Waals surface area contributed by atoms with Crippen LogP contribution in [0.1, 0.15) is 53.2 Å². The van der Waals surface area contributed by atoms with Crippen LogP contribution in [0.25, 0.3) is 0 Å². The molecule has 136 valence electrons. The summed E-state index contributed by atoms with van der Waals surface area (Å²) in [6.45, 7) is 0. The van der Waals surface area contributed by atoms with Gasteiger partial charge in [0.1, 0.15) is 12.9 Å². The third-order valence-corrected chi connectivity index (χ3v) is 4.87. The number of hydrogen-bond donors (Lipinski definition) is 1. The van der Waals surface area contributed by atoms with Crippen molar-refractivity contribution >= 4 is 12.1 Å². The van der Waals surface area contributed by atoms with Crippen LogP contribution in [0.5, 0.6) is 0 Å². The highest BCUT2D eigenvalue weighted by atomic mass is 19.1. The maximum atomic E-state index is 13.3. The van der Waals surface area contributed by atoms with Crippen LogP contribution < -0.4 is 5.32 Å². The molecule has 0 heterocycles. The molecule has 1 unspecified atom stereocenters. The van der Waals surface area contributed by atoms with Gasteiger partial charge in [0.15, 0.2) is 0 Å². The van der Waals surface area contributed by atoms with Crippen molar-refractivity contribution in [3.63, 3.8) is 0 Å². The molecule has 0 aliphatic heterocycles. The van der Waals surface area contributed by atoms with Crippen LogP contribution in [0.2, 0.25) is 0 Å². The second kappa shape index (κ2) is 8.61. The van der Waals surface area contributed by atoms with E-state index in [-0.39, 0.29) is 17.8 Å². The second-order valence-corrected chi connectivity index (χ2v) is 6.59. The SMILES string of the molecule is CO/N=C/c1ccc(C(=O)NC(c2ccc(F)cc2)C2CCCC2)cc1. The number of nitrogens with one attached hydrogen (secondary N) is 1. The lowest BCUT2D eigenvalue weighted by Crippen LogP contribution is -2.32. The molecule has 26 heavy (non-hydrogen) atoms. The maximum Gasteiger partial charge on any atom is 0.251 e. The van der Waals surface area contributed by atoms with Crippen LogP contribution >= 0.6 is 0 Å². The molecule has 3 rings (SSSR count). The van der Waals surface area contributed by atoms with E-state index in [0.29, 0.717) is 11.5 Å². The molecule has 0 spiro atoms. The van der Waals surface area contributed by atoms with Gasteiger partial charge < -0.3 is 10.2 Å². The molecule has 0 aromatic heterocycles. The van der Waals surface area contributed by atoms with E-state index in [4.69, 9.17) is 0 Å². The zero-order chi connectivity index (χ0) is 18.4. The zero-order valence-electron chi connectivity index (χ0n) is 14.8. The lowest BCUT2D eigenvalue weighted by molar-refractivity contribution is 0.0922. The van der Waals surface area contributed by atoms with Gasteiger partial charge in [-0.3, -0.25) is 4.79 Å². The molecular formula is C21H23FN2O2. The lowest BCUT2D eigenvalue weighted by Gasteiger charge is -2.25. The summed E-state index contributed by atoms with van der Waals surface area (Å²) in [6.07, 6.45) is 6.09. The summed E-state index contributed by atoms with van der Waals surface area (Å²) in [5.74, 6) is -0.00228. The van der Waals surface area contributed by atoms with Crippen LogP contribution in [0.4, 0.5) is 4.39 Å². The van der Waals surface area contributed by atoms with Gasteiger partial charge in [-0.05, 0) is 54.2 Å². The van der Waals surface area contributed by atoms with E-state index < -0.39 is 0 Å². The average Bonchev–Trinajstić information content (AvgIpc) is 3.20. The predicted molar refractivity (Wildman–Crippen MR) is 99.6 cm³/mol. The summed E-state index contributed by atoms with van der Waals surface area (Å²) in [4.78, 5) is 17.4. The smallest absolute Gasteiger partial charge is 0.251 e. The molecule has 1 N–H and O–H groups in total. The molecule has 0 bridgehead atoms. The van der Waals surface area contributed by atoms with Crippen LogP contribution in [-0.2, 0) is 4.84 Å². The summed E-state index contributed by atoms with van der Waals surface area (Å²) in [7, 11) is 1.48. The Kier molecular flexibility index (Phi) is 6.00. The van der Waals surface area contributed by atoms with E-state index in [1.807, 2.05) is 12.1 Å². The Morgan fingerprint density at radius 2 is 1.81 bits per heavy atom. The first kappa shape index (κ1) is 18.1. The normalized spacial score (nSPS) is 15.9. The lowest BCUT2D eigenvalue weighted by atomic mass is 9.91. The molecule has 4 nitrogen and oxygen atoms in total. The number of nitrogens with zero attached hydrogens (tertiary/aromatic N) is 1. The largest absolute Gasteiger partial charge is 0.399 e. The van der Waals surface area contributed by atoms with Crippen LogP contribution in [-0.4, -0.2) is 19.2 Å². The van der Waals surface area contributed by atoms with Crippen molar-refractivity contribution in [1.82, 2.24) is 5.32 Å². The van der Waals surface area contributed by atoms with Crippen molar-refractivity contribution in [3.8, 4) is 0 Å². The standard InChI is InChI=1S/C21H23FN2O2/c1-26-23-14-15-6-8-18(9-7-15)21(25)24-20(16-4-2-3-5-16)17-10-12-19(22)13-11-17/h6-14,16,20H,2-5H2,1H3,(H,24,25)/b23-14+. The predicted octanol–water partition coefficient (Wildman–Crippen LogP) is 4.47. The highest BCUT2D eigenvalue weighted by molar-refractivity contribution is 5.95. The monoisotopic (exact) mass is 354 g/mol. The van der Waals surface area contributed by atoms with E-state index in [2.05, 4.69) is 15.3 Å². The van der Waals surface area contributed by atoms with Crippen LogP contribution in [0.3, 0.4) is 0 Å². The summed E-state index contributed by atoms with van der Waals surface area (Å²) < 4.78 is 13.3. The molecule has 5 heteroatoms. The Morgan fingerprint density at radius 3 is 2.42 bits per heavy atom. The van der Waals surface area contributed by atoms with Crippen molar-refractivity contribution in [2.24, 2.45) is 11.1 Å². The first-order chi connectivity index (χ1) is 12.7. The first-order valence-electron chi connectivity index (χ1n) is 8.90. The van der Waals surface area contributed by atoms with Crippen molar-refractivity contribution < 1.29 is 14.0 Å². The van der Waals surface area contributed by atoms with Gasteiger partial charge in [-0.2, -0.15) is 0 Å². The summed E-state index contributed by atoms with van der Waals surface area (Å²) in [5, 5.41) is 6.86. The van der Waals surface area contributed by atoms with Crippen molar-refractivity contribution in [1.29, 1.82) is 0 Å². The topological polar surface area (TPSA) is 50.7 Å². The Morgan fingerprint density at radius 1 is 1.15 bits per heavy atom. The van der Waals surface area contributed by atoms with E-state index in [9.17, 15) is 9.18 Å². The number of benzene rings is 2. The molecule has 2 aromatic carbocycles. The molecular weight excluding hydrogens is 331 g/mol. The second-order valence-electron chi connectivity index (χ2n) is 6.59. The highest BCUT2D eigenvalue weighted by Crippen LogP contribution is 2.36. The highest BCUT2D eigenvalue weighted by Gasteiger charge is 2.28. The van der Waals surface area contributed by atoms with Gasteiger partial charge in [0.2, 0.25) is 0 Å². The minimum Gasteiger partial charge on any atom is -0.399 e. The van der Waals surface area contributed by atoms with Gasteiger partial charge >= 0.3 is 0 Å². The third kappa shape index (κ3) is 4.48. The molecule has 2 aromatic rings. The number of carbonyl (C=O) groups excluding carboxylic acids is 1. The molecule has 1 aliphatic rings. The summed E-state index contributed by atoms with van der Waals surface area (Å²) >= 11 is 0. The Bertz CT molecular complexity index is 751. The third-order valence-electron chi connectivity index (χ3n) is 4.87. The fourth-order valence-corrected chi connectivity index (χ4v) is 3.49. The first-order valence-corrected chi connectivity index (χ1v) is 8.90. The number of rotatable bonds is 6. The number of oxime groups is 1. The van der Waals surface area contributed by atoms with E-state index >= 15 is 0 Å². The van der Waals surface area contributed by atoms with Crippen molar-refractivity contribution in [2.75, 3.05) is 7.11 Å². The number of carbonyl (C=O) groups is 1. The van der Waals surface area contributed by atoms with E-state index in [0.717, 1.165) is 24.0 Å². The quantitative estimate of drug-likeness (QED) is 0.615. The molecule has 1 amide bonds. The number of amides is 1. The van der Waals surface area contributed by atoms with Gasteiger partial charge in [-0.1, -0.05) is 42.3 Å². The zero-order valence-corrected chi connectivity index (χ0v) is 14.8. The fourth-order valence-electron chi connectivity index (χ4n) is 3.49. The minimum atomic E-state index is -0.265. The van der Waals surface area contributed by atoms with Crippen LogP contribution in [0.15, 0.2) is 53.7 Å². The van der Waals surface area contributed by atoms with E-state index in [1.165, 1.54) is 32.1 Å². The van der Waals surface area contributed by atoms with Gasteiger partial charge in [-0.25, -0.2) is 4.39 Å². The Hall–Kier alpha value is -2.69. The average molecular weight is 354 g/mol. The fraction of sp³-hybridized carbons (Fsp3) is 0.333. The number of halogens is 1. The molecule has 0 saturated heterocycles. The maximum absolute atomic E-state index is 13.3. The molecule has 1 atom stereocenters. The van der Waals surface area contributed by atoms with E-state index in [1.54, 1.807) is 30.5 Å². The number of hydrogen-bond acceptors (Lipinski definition) is 3. The molecule has 1 aliphatic carbocycles. The van der Waals surface area contributed by atoms with Gasteiger partial charge in [0, 0.05) is 5.56 Å². The Balaban J connectivity index is 1.76. The van der Waals surface area contributed by atoms with Crippen LogP contribution in [0, 0.1) is 11.7 Å². The van der Waals surface area contributed by atoms with Crippen molar-refractivity contribution in [2.45, 2.75) is 31.7 Å². The molecule has 1 saturated carbocycles. The minimum absolute atomic E-state index is 0.0969. The molecule has 0 radical (unpaired) electrons.